The molecule has 1 amide bonds. The Labute approximate surface area is 309 Å². The highest BCUT2D eigenvalue weighted by Gasteiger charge is 2.28. The maximum absolute atomic E-state index is 12.5. The van der Waals surface area contributed by atoms with Crippen LogP contribution in [-0.4, -0.2) is 57.3 Å². The van der Waals surface area contributed by atoms with E-state index in [1.807, 2.05) is 0 Å². The molecule has 0 spiro atoms. The van der Waals surface area contributed by atoms with E-state index in [0.29, 0.717) is 19.3 Å². The lowest BCUT2D eigenvalue weighted by molar-refractivity contribution is -0.132. The number of rotatable bonds is 37. The van der Waals surface area contributed by atoms with Crippen LogP contribution in [0.5, 0.6) is 0 Å². The lowest BCUT2D eigenvalue weighted by atomic mass is 10.00. The highest BCUT2D eigenvalue weighted by molar-refractivity contribution is 5.80. The number of hydrogen-bond acceptors (Lipinski definition) is 5. The second kappa shape index (κ2) is 38.5. The van der Waals surface area contributed by atoms with Crippen LogP contribution in [0.3, 0.4) is 0 Å². The van der Waals surface area contributed by atoms with Crippen molar-refractivity contribution in [2.45, 2.75) is 218 Å². The Bertz CT molecular complexity index is 838. The molecule has 0 aliphatic heterocycles. The van der Waals surface area contributed by atoms with Gasteiger partial charge >= 0.3 is 0 Å². The summed E-state index contributed by atoms with van der Waals surface area (Å²) in [5.74, 6) is -0.609. The Morgan fingerprint density at radius 2 is 0.900 bits per heavy atom. The number of nitrogens with one attached hydrogen (secondary N) is 1. The summed E-state index contributed by atoms with van der Waals surface area (Å²) in [6.45, 7) is 3.98. The Morgan fingerprint density at radius 3 is 1.42 bits per heavy atom. The third kappa shape index (κ3) is 32.2. The van der Waals surface area contributed by atoms with Crippen LogP contribution in [0.4, 0.5) is 0 Å². The zero-order valence-corrected chi connectivity index (χ0v) is 32.6. The minimum Gasteiger partial charge on any atom is -0.394 e. The van der Waals surface area contributed by atoms with Gasteiger partial charge in [-0.15, -0.1) is 0 Å². The maximum atomic E-state index is 12.5. The highest BCUT2D eigenvalue weighted by Crippen LogP contribution is 2.14. The molecule has 0 rings (SSSR count). The number of hydrogen-bond donors (Lipinski definition) is 5. The Kier molecular flexibility index (Phi) is 37.2. The van der Waals surface area contributed by atoms with Gasteiger partial charge in [0, 0.05) is 0 Å². The largest absolute Gasteiger partial charge is 0.394 e. The number of carbonyl (C=O) groups is 1. The van der Waals surface area contributed by atoms with E-state index in [4.69, 9.17) is 0 Å². The van der Waals surface area contributed by atoms with E-state index >= 15 is 0 Å². The number of unbranched alkanes of at least 4 members (excludes halogenated alkanes) is 20. The molecule has 4 unspecified atom stereocenters. The minimum absolute atomic E-state index is 0.346. The van der Waals surface area contributed by atoms with Gasteiger partial charge in [0.2, 0.25) is 5.91 Å². The predicted molar refractivity (Wildman–Crippen MR) is 214 cm³/mol. The van der Waals surface area contributed by atoms with Crippen molar-refractivity contribution in [1.29, 1.82) is 0 Å². The zero-order chi connectivity index (χ0) is 36.8. The summed E-state index contributed by atoms with van der Waals surface area (Å²) in [4.78, 5) is 12.5. The van der Waals surface area contributed by atoms with Gasteiger partial charge in [0.1, 0.15) is 12.2 Å². The molecule has 0 aromatic carbocycles. The van der Waals surface area contributed by atoms with Gasteiger partial charge in [-0.3, -0.25) is 4.79 Å². The molecule has 0 aliphatic rings. The van der Waals surface area contributed by atoms with Crippen LogP contribution in [-0.2, 0) is 4.79 Å². The molecule has 0 aromatic heterocycles. The fourth-order valence-electron chi connectivity index (χ4n) is 6.10. The first-order valence-corrected chi connectivity index (χ1v) is 21.0. The van der Waals surface area contributed by atoms with Crippen LogP contribution in [0.1, 0.15) is 194 Å². The Morgan fingerprint density at radius 1 is 0.500 bits per heavy atom. The molecule has 50 heavy (non-hydrogen) atoms. The standard InChI is InChI=1S/C44H81NO5/c1-3-5-7-9-11-13-15-17-18-19-20-21-22-23-24-25-26-28-30-32-34-36-38-42(48)44(50)45-40(39-46)43(49)41(47)37-35-33-31-29-27-16-14-12-10-8-6-4-2/h12,14,20-21,23-24,29,31,40-43,46-49H,3-11,13,15-19,22,25-28,30,32-39H2,1-2H3,(H,45,50)/b14-12+,21-20-,24-23-,31-29+. The van der Waals surface area contributed by atoms with Gasteiger partial charge in [0.25, 0.3) is 0 Å². The van der Waals surface area contributed by atoms with Crippen molar-refractivity contribution in [3.8, 4) is 0 Å². The van der Waals surface area contributed by atoms with E-state index in [1.54, 1.807) is 0 Å². The Hall–Kier alpha value is -1.73. The second-order valence-electron chi connectivity index (χ2n) is 14.3. The zero-order valence-electron chi connectivity index (χ0n) is 32.6. The van der Waals surface area contributed by atoms with Gasteiger partial charge in [-0.2, -0.15) is 0 Å². The van der Waals surface area contributed by atoms with Crippen molar-refractivity contribution in [3.05, 3.63) is 48.6 Å². The van der Waals surface area contributed by atoms with E-state index in [1.165, 1.54) is 96.3 Å². The molecular weight excluding hydrogens is 622 g/mol. The van der Waals surface area contributed by atoms with E-state index in [9.17, 15) is 25.2 Å². The second-order valence-corrected chi connectivity index (χ2v) is 14.3. The highest BCUT2D eigenvalue weighted by atomic mass is 16.3. The quantitative estimate of drug-likeness (QED) is 0.0327. The number of carbonyl (C=O) groups excluding carboxylic acids is 1. The van der Waals surface area contributed by atoms with Gasteiger partial charge in [-0.05, 0) is 83.5 Å². The number of amides is 1. The lowest BCUT2D eigenvalue weighted by Gasteiger charge is -2.27. The summed E-state index contributed by atoms with van der Waals surface area (Å²) in [7, 11) is 0. The van der Waals surface area contributed by atoms with Crippen molar-refractivity contribution >= 4 is 5.91 Å². The first-order chi connectivity index (χ1) is 24.5. The summed E-state index contributed by atoms with van der Waals surface area (Å²) in [5, 5.41) is 43.5. The van der Waals surface area contributed by atoms with Gasteiger partial charge in [0.15, 0.2) is 0 Å². The molecule has 0 radical (unpaired) electrons. The molecule has 292 valence electrons. The van der Waals surface area contributed by atoms with Crippen molar-refractivity contribution in [2.24, 2.45) is 0 Å². The third-order valence-electron chi connectivity index (χ3n) is 9.49. The van der Waals surface area contributed by atoms with Gasteiger partial charge in [-0.1, -0.05) is 159 Å². The van der Waals surface area contributed by atoms with Crippen molar-refractivity contribution in [3.63, 3.8) is 0 Å². The fourth-order valence-corrected chi connectivity index (χ4v) is 6.10. The van der Waals surface area contributed by atoms with Crippen LogP contribution in [0.15, 0.2) is 48.6 Å². The van der Waals surface area contributed by atoms with Crippen molar-refractivity contribution in [1.82, 2.24) is 5.32 Å². The van der Waals surface area contributed by atoms with Crippen LogP contribution in [0.2, 0.25) is 0 Å². The third-order valence-corrected chi connectivity index (χ3v) is 9.49. The van der Waals surface area contributed by atoms with Gasteiger partial charge < -0.3 is 25.7 Å². The molecule has 6 heteroatoms. The number of allylic oxidation sites excluding steroid dienone is 8. The van der Waals surface area contributed by atoms with E-state index < -0.39 is 36.9 Å². The summed E-state index contributed by atoms with van der Waals surface area (Å²) in [6, 6.07) is -1.01. The van der Waals surface area contributed by atoms with Crippen LogP contribution in [0, 0.1) is 0 Å². The van der Waals surface area contributed by atoms with Crippen molar-refractivity contribution < 1.29 is 25.2 Å². The van der Waals surface area contributed by atoms with Crippen LogP contribution < -0.4 is 5.32 Å². The van der Waals surface area contributed by atoms with Crippen molar-refractivity contribution in [2.75, 3.05) is 6.61 Å². The normalized spacial score (nSPS) is 14.8. The van der Waals surface area contributed by atoms with E-state index in [2.05, 4.69) is 67.8 Å². The predicted octanol–water partition coefficient (Wildman–Crippen LogP) is 10.7. The van der Waals surface area contributed by atoms with E-state index in [-0.39, 0.29) is 0 Å². The van der Waals surface area contributed by atoms with Gasteiger partial charge in [-0.25, -0.2) is 0 Å². The topological polar surface area (TPSA) is 110 Å². The first kappa shape index (κ1) is 48.3. The summed E-state index contributed by atoms with van der Waals surface area (Å²) in [6.07, 6.45) is 45.7. The number of aliphatic hydroxyl groups excluding tert-OH is 4. The molecule has 6 nitrogen and oxygen atoms in total. The minimum atomic E-state index is -1.29. The van der Waals surface area contributed by atoms with Crippen LogP contribution in [0.25, 0.3) is 0 Å². The Balaban J connectivity index is 3.82. The monoisotopic (exact) mass is 704 g/mol. The molecular formula is C44H81NO5. The molecule has 0 fully saturated rings. The van der Waals surface area contributed by atoms with E-state index in [0.717, 1.165) is 64.2 Å². The molecule has 0 heterocycles. The average Bonchev–Trinajstić information content (AvgIpc) is 3.12. The molecule has 0 aliphatic carbocycles. The van der Waals surface area contributed by atoms with Crippen LogP contribution >= 0.6 is 0 Å². The molecule has 0 aromatic rings. The molecule has 5 N–H and O–H groups in total. The lowest BCUT2D eigenvalue weighted by Crippen LogP contribution is -2.53. The summed E-state index contributed by atoms with van der Waals surface area (Å²) in [5.41, 5.74) is 0. The molecule has 0 bridgehead atoms. The SMILES string of the molecule is CCCCC/C=C/CC/C=C/CCCC(O)C(O)C(CO)NC(=O)C(O)CCCCCCCC/C=C\C/C=C\CCCCCCCCCCC. The summed E-state index contributed by atoms with van der Waals surface area (Å²) >= 11 is 0. The maximum Gasteiger partial charge on any atom is 0.249 e. The molecule has 0 saturated heterocycles. The molecule has 0 saturated carbocycles. The fraction of sp³-hybridized carbons (Fsp3) is 0.795. The smallest absolute Gasteiger partial charge is 0.249 e. The first-order valence-electron chi connectivity index (χ1n) is 21.0. The number of aliphatic hydroxyl groups is 4. The summed E-state index contributed by atoms with van der Waals surface area (Å²) < 4.78 is 0. The van der Waals surface area contributed by atoms with Gasteiger partial charge in [0.05, 0.1) is 18.8 Å². The average molecular weight is 704 g/mol. The molecule has 4 atom stereocenters.